The Morgan fingerprint density at radius 3 is 2.67 bits per heavy atom. The summed E-state index contributed by atoms with van der Waals surface area (Å²) in [4.78, 5) is 16.9. The SMILES string of the molecule is Cl.Cl.O=C(NCCc1cccnc1)C1(n2cccn2)CCNCC1. The van der Waals surface area contributed by atoms with Gasteiger partial charge >= 0.3 is 0 Å². The van der Waals surface area contributed by atoms with Crippen LogP contribution in [-0.2, 0) is 16.8 Å². The van der Waals surface area contributed by atoms with Crippen LogP contribution in [0.2, 0.25) is 0 Å². The number of nitrogens with one attached hydrogen (secondary N) is 2. The lowest BCUT2D eigenvalue weighted by Gasteiger charge is -2.36. The minimum atomic E-state index is -0.566. The minimum absolute atomic E-state index is 0. The molecular weight excluding hydrogens is 349 g/mol. The van der Waals surface area contributed by atoms with Crippen LogP contribution < -0.4 is 10.6 Å². The first-order valence-corrected chi connectivity index (χ1v) is 7.69. The molecule has 0 spiro atoms. The first kappa shape index (κ1) is 20.4. The number of halogens is 2. The molecule has 0 aromatic carbocycles. The van der Waals surface area contributed by atoms with E-state index >= 15 is 0 Å². The van der Waals surface area contributed by atoms with Crippen LogP contribution in [0.1, 0.15) is 18.4 Å². The van der Waals surface area contributed by atoms with Gasteiger partial charge in [0, 0.05) is 31.3 Å². The zero-order valence-electron chi connectivity index (χ0n) is 13.4. The fourth-order valence-electron chi connectivity index (χ4n) is 2.95. The second-order valence-corrected chi connectivity index (χ2v) is 5.60. The lowest BCUT2D eigenvalue weighted by atomic mass is 9.87. The highest BCUT2D eigenvalue weighted by atomic mass is 35.5. The monoisotopic (exact) mass is 371 g/mol. The van der Waals surface area contributed by atoms with E-state index in [1.165, 1.54) is 0 Å². The van der Waals surface area contributed by atoms with Crippen LogP contribution >= 0.6 is 24.8 Å². The average Bonchev–Trinajstić information content (AvgIpc) is 3.11. The zero-order valence-corrected chi connectivity index (χ0v) is 15.0. The fourth-order valence-corrected chi connectivity index (χ4v) is 2.95. The summed E-state index contributed by atoms with van der Waals surface area (Å²) in [7, 11) is 0. The molecule has 2 N–H and O–H groups in total. The maximum atomic E-state index is 12.8. The predicted molar refractivity (Wildman–Crippen MR) is 97.8 cm³/mol. The standard InChI is InChI=1S/C16H21N5O.2ClH/c22-15(19-9-4-14-3-1-7-18-13-14)16(5-10-17-11-6-16)21-12-2-8-20-21;;/h1-3,7-8,12-13,17H,4-6,9-11H2,(H,19,22);2*1H. The molecule has 1 fully saturated rings. The number of hydrogen-bond acceptors (Lipinski definition) is 4. The van der Waals surface area contributed by atoms with E-state index in [-0.39, 0.29) is 30.7 Å². The Hall–Kier alpha value is -1.63. The largest absolute Gasteiger partial charge is 0.354 e. The molecule has 3 heterocycles. The van der Waals surface area contributed by atoms with Gasteiger partial charge in [0.05, 0.1) is 0 Å². The highest BCUT2D eigenvalue weighted by molar-refractivity contribution is 5.85. The molecule has 0 radical (unpaired) electrons. The molecule has 6 nitrogen and oxygen atoms in total. The summed E-state index contributed by atoms with van der Waals surface area (Å²) in [6.45, 7) is 2.27. The van der Waals surface area contributed by atoms with Crippen molar-refractivity contribution in [2.75, 3.05) is 19.6 Å². The molecule has 1 aliphatic heterocycles. The normalized spacial score (nSPS) is 15.7. The van der Waals surface area contributed by atoms with Gasteiger partial charge in [0.1, 0.15) is 5.54 Å². The Balaban J connectivity index is 0.00000144. The molecule has 0 aliphatic carbocycles. The van der Waals surface area contributed by atoms with Gasteiger partial charge < -0.3 is 10.6 Å². The van der Waals surface area contributed by atoms with E-state index in [9.17, 15) is 4.79 Å². The third-order valence-electron chi connectivity index (χ3n) is 4.22. The van der Waals surface area contributed by atoms with Gasteiger partial charge in [-0.25, -0.2) is 0 Å². The summed E-state index contributed by atoms with van der Waals surface area (Å²) < 4.78 is 1.81. The second-order valence-electron chi connectivity index (χ2n) is 5.60. The Morgan fingerprint density at radius 1 is 1.25 bits per heavy atom. The molecule has 0 saturated carbocycles. The van der Waals surface area contributed by atoms with Crippen molar-refractivity contribution in [2.24, 2.45) is 0 Å². The number of rotatable bonds is 5. The van der Waals surface area contributed by atoms with Crippen LogP contribution in [0.4, 0.5) is 0 Å². The molecule has 3 rings (SSSR count). The lowest BCUT2D eigenvalue weighted by molar-refractivity contribution is -0.131. The van der Waals surface area contributed by atoms with Crippen molar-refractivity contribution in [3.05, 3.63) is 48.5 Å². The number of aromatic nitrogens is 3. The van der Waals surface area contributed by atoms with Crippen LogP contribution in [0.25, 0.3) is 0 Å². The topological polar surface area (TPSA) is 71.8 Å². The first-order valence-electron chi connectivity index (χ1n) is 7.69. The fraction of sp³-hybridized carbons (Fsp3) is 0.438. The highest BCUT2D eigenvalue weighted by Crippen LogP contribution is 2.27. The second kappa shape index (κ2) is 9.61. The summed E-state index contributed by atoms with van der Waals surface area (Å²) in [5.74, 6) is 0.0570. The first-order chi connectivity index (χ1) is 10.8. The molecule has 1 aliphatic rings. The van der Waals surface area contributed by atoms with Crippen molar-refractivity contribution in [3.8, 4) is 0 Å². The van der Waals surface area contributed by atoms with Crippen LogP contribution in [0.15, 0.2) is 43.0 Å². The molecule has 0 bridgehead atoms. The molecule has 24 heavy (non-hydrogen) atoms. The maximum Gasteiger partial charge on any atom is 0.248 e. The Labute approximate surface area is 154 Å². The van der Waals surface area contributed by atoms with E-state index in [4.69, 9.17) is 0 Å². The Kier molecular flexibility index (Phi) is 8.18. The van der Waals surface area contributed by atoms with Crippen molar-refractivity contribution in [1.29, 1.82) is 0 Å². The summed E-state index contributed by atoms with van der Waals surface area (Å²) in [5.41, 5.74) is 0.560. The van der Waals surface area contributed by atoms with Gasteiger partial charge in [0.15, 0.2) is 0 Å². The quantitative estimate of drug-likeness (QED) is 0.836. The number of hydrogen-bond donors (Lipinski definition) is 2. The average molecular weight is 372 g/mol. The number of carbonyl (C=O) groups is 1. The molecule has 8 heteroatoms. The predicted octanol–water partition coefficient (Wildman–Crippen LogP) is 1.56. The van der Waals surface area contributed by atoms with Crippen molar-refractivity contribution >= 4 is 30.7 Å². The summed E-state index contributed by atoms with van der Waals surface area (Å²) >= 11 is 0. The van der Waals surface area contributed by atoms with Crippen molar-refractivity contribution in [1.82, 2.24) is 25.4 Å². The van der Waals surface area contributed by atoms with Gasteiger partial charge in [0.2, 0.25) is 5.91 Å². The van der Waals surface area contributed by atoms with Crippen molar-refractivity contribution in [3.63, 3.8) is 0 Å². The molecule has 1 amide bonds. The third-order valence-corrected chi connectivity index (χ3v) is 4.22. The minimum Gasteiger partial charge on any atom is -0.354 e. The van der Waals surface area contributed by atoms with Crippen LogP contribution in [0.5, 0.6) is 0 Å². The van der Waals surface area contributed by atoms with Crippen LogP contribution in [0.3, 0.4) is 0 Å². The van der Waals surface area contributed by atoms with E-state index in [0.717, 1.165) is 37.9 Å². The lowest BCUT2D eigenvalue weighted by Crippen LogP contribution is -2.54. The number of amides is 1. The molecular formula is C16H23Cl2N5O. The molecule has 1 saturated heterocycles. The highest BCUT2D eigenvalue weighted by Gasteiger charge is 2.41. The van der Waals surface area contributed by atoms with Gasteiger partial charge in [-0.1, -0.05) is 6.07 Å². The van der Waals surface area contributed by atoms with Crippen molar-refractivity contribution < 1.29 is 4.79 Å². The van der Waals surface area contributed by atoms with E-state index in [1.54, 1.807) is 12.4 Å². The molecule has 2 aromatic rings. The summed E-state index contributed by atoms with van der Waals surface area (Å²) in [6.07, 6.45) is 9.50. The van der Waals surface area contributed by atoms with E-state index in [1.807, 2.05) is 35.3 Å². The summed E-state index contributed by atoms with van der Waals surface area (Å²) in [5, 5.41) is 10.7. The van der Waals surface area contributed by atoms with Gasteiger partial charge in [-0.3, -0.25) is 14.5 Å². The maximum absolute atomic E-state index is 12.8. The van der Waals surface area contributed by atoms with Crippen molar-refractivity contribution in [2.45, 2.75) is 24.8 Å². The van der Waals surface area contributed by atoms with E-state index in [2.05, 4.69) is 20.7 Å². The number of pyridine rings is 1. The van der Waals surface area contributed by atoms with Gasteiger partial charge in [-0.2, -0.15) is 5.10 Å². The zero-order chi connectivity index (χ0) is 15.3. The van der Waals surface area contributed by atoms with Crippen LogP contribution in [-0.4, -0.2) is 40.3 Å². The van der Waals surface area contributed by atoms with E-state index in [0.29, 0.717) is 6.54 Å². The van der Waals surface area contributed by atoms with Gasteiger partial charge in [-0.05, 0) is 50.0 Å². The third kappa shape index (κ3) is 4.47. The molecule has 0 atom stereocenters. The molecule has 2 aromatic heterocycles. The molecule has 132 valence electrons. The van der Waals surface area contributed by atoms with Crippen LogP contribution in [0, 0.1) is 0 Å². The summed E-state index contributed by atoms with van der Waals surface area (Å²) in [6, 6.07) is 5.80. The Morgan fingerprint density at radius 2 is 2.04 bits per heavy atom. The number of nitrogens with zero attached hydrogens (tertiary/aromatic N) is 3. The molecule has 0 unspecified atom stereocenters. The van der Waals surface area contributed by atoms with E-state index < -0.39 is 5.54 Å². The Bertz CT molecular complexity index is 600. The van der Waals surface area contributed by atoms with Gasteiger partial charge in [0.25, 0.3) is 0 Å². The van der Waals surface area contributed by atoms with Gasteiger partial charge in [-0.15, -0.1) is 24.8 Å². The number of piperidine rings is 1. The number of carbonyl (C=O) groups excluding carboxylic acids is 1. The smallest absolute Gasteiger partial charge is 0.248 e.